The van der Waals surface area contributed by atoms with Gasteiger partial charge >= 0.3 is 0 Å². The molecule has 2 rings (SSSR count). The summed E-state index contributed by atoms with van der Waals surface area (Å²) in [6.45, 7) is 1.94. The predicted octanol–water partition coefficient (Wildman–Crippen LogP) is 3.18. The van der Waals surface area contributed by atoms with Gasteiger partial charge in [-0.05, 0) is 38.3 Å². The van der Waals surface area contributed by atoms with Crippen LogP contribution in [0.1, 0.15) is 24.8 Å². The third kappa shape index (κ3) is 4.55. The maximum absolute atomic E-state index is 13.8. The number of rotatable bonds is 6. The van der Waals surface area contributed by atoms with Gasteiger partial charge in [0.25, 0.3) is 5.92 Å². The zero-order valence-electron chi connectivity index (χ0n) is 11.1. The van der Waals surface area contributed by atoms with Crippen LogP contribution in [0.25, 0.3) is 0 Å². The van der Waals surface area contributed by atoms with Gasteiger partial charge in [0.2, 0.25) is 0 Å². The molecule has 1 atom stereocenters. The second kappa shape index (κ2) is 6.96. The Balaban J connectivity index is 1.69. The fourth-order valence-electron chi connectivity index (χ4n) is 2.39. The lowest BCUT2D eigenvalue weighted by molar-refractivity contribution is -0.0845. The molecule has 0 saturated carbocycles. The first-order valence-electron chi connectivity index (χ1n) is 6.90. The molecule has 106 valence electrons. The van der Waals surface area contributed by atoms with Crippen LogP contribution < -0.4 is 5.32 Å². The minimum absolute atomic E-state index is 0.0225. The number of nitrogens with one attached hydrogen (secondary N) is 1. The van der Waals surface area contributed by atoms with E-state index < -0.39 is 12.5 Å². The summed E-state index contributed by atoms with van der Waals surface area (Å²) in [4.78, 5) is 0. The summed E-state index contributed by atoms with van der Waals surface area (Å²) in [5, 5.41) is 3.31. The Kier molecular flexibility index (Phi) is 5.28. The number of alkyl halides is 2. The molecule has 1 N–H and O–H groups in total. The Morgan fingerprint density at radius 2 is 2.05 bits per heavy atom. The summed E-state index contributed by atoms with van der Waals surface area (Å²) < 4.78 is 32.7. The number of hydrogen-bond donors (Lipinski definition) is 1. The zero-order chi connectivity index (χ0) is 13.6. The summed E-state index contributed by atoms with van der Waals surface area (Å²) in [6.07, 6.45) is 3.20. The SMILES string of the molecule is FC(F)(COCCC1CCCNC1)c1ccccc1. The van der Waals surface area contributed by atoms with Gasteiger partial charge in [-0.3, -0.25) is 0 Å². The van der Waals surface area contributed by atoms with E-state index in [1.54, 1.807) is 18.2 Å². The monoisotopic (exact) mass is 269 g/mol. The number of ether oxygens (including phenoxy) is 1. The normalized spacial score (nSPS) is 20.4. The quantitative estimate of drug-likeness (QED) is 0.801. The molecule has 1 heterocycles. The van der Waals surface area contributed by atoms with Crippen molar-refractivity contribution in [3.8, 4) is 0 Å². The van der Waals surface area contributed by atoms with Crippen molar-refractivity contribution in [3.63, 3.8) is 0 Å². The average Bonchev–Trinajstić information content (AvgIpc) is 2.46. The van der Waals surface area contributed by atoms with Crippen molar-refractivity contribution in [2.24, 2.45) is 5.92 Å². The Morgan fingerprint density at radius 1 is 1.26 bits per heavy atom. The maximum atomic E-state index is 13.8. The molecule has 0 bridgehead atoms. The van der Waals surface area contributed by atoms with Crippen LogP contribution in [-0.4, -0.2) is 26.3 Å². The van der Waals surface area contributed by atoms with Gasteiger partial charge in [0, 0.05) is 12.2 Å². The van der Waals surface area contributed by atoms with Gasteiger partial charge in [0.1, 0.15) is 6.61 Å². The highest BCUT2D eigenvalue weighted by molar-refractivity contribution is 5.19. The molecule has 1 aromatic rings. The van der Waals surface area contributed by atoms with Crippen LogP contribution >= 0.6 is 0 Å². The van der Waals surface area contributed by atoms with Crippen molar-refractivity contribution < 1.29 is 13.5 Å². The first kappa shape index (κ1) is 14.4. The van der Waals surface area contributed by atoms with E-state index in [1.807, 2.05) is 0 Å². The van der Waals surface area contributed by atoms with Gasteiger partial charge in [-0.2, -0.15) is 8.78 Å². The minimum Gasteiger partial charge on any atom is -0.375 e. The molecule has 0 amide bonds. The van der Waals surface area contributed by atoms with Crippen molar-refractivity contribution in [1.82, 2.24) is 5.32 Å². The second-order valence-electron chi connectivity index (χ2n) is 5.12. The van der Waals surface area contributed by atoms with Gasteiger partial charge in [0.05, 0.1) is 0 Å². The second-order valence-corrected chi connectivity index (χ2v) is 5.12. The van der Waals surface area contributed by atoms with E-state index in [9.17, 15) is 8.78 Å². The van der Waals surface area contributed by atoms with Crippen LogP contribution in [0.2, 0.25) is 0 Å². The van der Waals surface area contributed by atoms with Crippen LogP contribution in [0.3, 0.4) is 0 Å². The molecule has 1 fully saturated rings. The van der Waals surface area contributed by atoms with Crippen LogP contribution in [0, 0.1) is 5.92 Å². The van der Waals surface area contributed by atoms with Crippen molar-refractivity contribution >= 4 is 0 Å². The smallest absolute Gasteiger partial charge is 0.296 e. The predicted molar refractivity (Wildman–Crippen MR) is 71.4 cm³/mol. The standard InChI is InChI=1S/C15H21F2NO/c16-15(17,14-6-2-1-3-7-14)12-19-10-8-13-5-4-9-18-11-13/h1-3,6-7,13,18H,4-5,8-12H2. The molecule has 0 spiro atoms. The molecule has 0 aliphatic carbocycles. The Bertz CT molecular complexity index is 364. The number of benzene rings is 1. The molecule has 0 radical (unpaired) electrons. The molecule has 1 aliphatic rings. The van der Waals surface area contributed by atoms with E-state index in [4.69, 9.17) is 4.74 Å². The lowest BCUT2D eigenvalue weighted by Gasteiger charge is -2.23. The van der Waals surface area contributed by atoms with Crippen molar-refractivity contribution in [2.75, 3.05) is 26.3 Å². The first-order chi connectivity index (χ1) is 9.18. The van der Waals surface area contributed by atoms with Crippen LogP contribution in [0.15, 0.2) is 30.3 Å². The van der Waals surface area contributed by atoms with Gasteiger partial charge in [-0.1, -0.05) is 30.3 Å². The minimum atomic E-state index is -2.90. The van der Waals surface area contributed by atoms with Crippen LogP contribution in [0.4, 0.5) is 8.78 Å². The van der Waals surface area contributed by atoms with Gasteiger partial charge in [-0.15, -0.1) is 0 Å². The molecule has 19 heavy (non-hydrogen) atoms. The molecule has 2 nitrogen and oxygen atoms in total. The fraction of sp³-hybridized carbons (Fsp3) is 0.600. The van der Waals surface area contributed by atoms with Gasteiger partial charge < -0.3 is 10.1 Å². The molecule has 1 aliphatic heterocycles. The molecule has 4 heteroatoms. The van der Waals surface area contributed by atoms with E-state index in [-0.39, 0.29) is 5.56 Å². The summed E-state index contributed by atoms with van der Waals surface area (Å²) in [5.41, 5.74) is 0.0225. The molecular formula is C15H21F2NO. The Labute approximate surface area is 113 Å². The highest BCUT2D eigenvalue weighted by Gasteiger charge is 2.31. The number of piperidine rings is 1. The molecule has 1 aromatic carbocycles. The van der Waals surface area contributed by atoms with Gasteiger partial charge in [-0.25, -0.2) is 0 Å². The van der Waals surface area contributed by atoms with Crippen LogP contribution in [-0.2, 0) is 10.7 Å². The van der Waals surface area contributed by atoms with Gasteiger partial charge in [0.15, 0.2) is 0 Å². The Hall–Kier alpha value is -1.00. The molecule has 1 saturated heterocycles. The maximum Gasteiger partial charge on any atom is 0.296 e. The fourth-order valence-corrected chi connectivity index (χ4v) is 2.39. The largest absolute Gasteiger partial charge is 0.375 e. The number of hydrogen-bond acceptors (Lipinski definition) is 2. The molecule has 1 unspecified atom stereocenters. The third-order valence-corrected chi connectivity index (χ3v) is 3.55. The third-order valence-electron chi connectivity index (χ3n) is 3.55. The highest BCUT2D eigenvalue weighted by Crippen LogP contribution is 2.28. The van der Waals surface area contributed by atoms with Crippen molar-refractivity contribution in [3.05, 3.63) is 35.9 Å². The average molecular weight is 269 g/mol. The van der Waals surface area contributed by atoms with E-state index in [1.165, 1.54) is 25.0 Å². The highest BCUT2D eigenvalue weighted by atomic mass is 19.3. The van der Waals surface area contributed by atoms with E-state index >= 15 is 0 Å². The molecular weight excluding hydrogens is 248 g/mol. The summed E-state index contributed by atoms with van der Waals surface area (Å²) in [7, 11) is 0. The van der Waals surface area contributed by atoms with Crippen molar-refractivity contribution in [1.29, 1.82) is 0 Å². The first-order valence-corrected chi connectivity index (χ1v) is 6.90. The summed E-state index contributed by atoms with van der Waals surface area (Å²) >= 11 is 0. The molecule has 0 aromatic heterocycles. The van der Waals surface area contributed by atoms with E-state index in [0.29, 0.717) is 12.5 Å². The summed E-state index contributed by atoms with van der Waals surface area (Å²) in [5.74, 6) is -2.33. The summed E-state index contributed by atoms with van der Waals surface area (Å²) in [6, 6.07) is 7.85. The zero-order valence-corrected chi connectivity index (χ0v) is 11.1. The van der Waals surface area contributed by atoms with E-state index in [0.717, 1.165) is 19.5 Å². The Morgan fingerprint density at radius 3 is 2.74 bits per heavy atom. The van der Waals surface area contributed by atoms with Crippen molar-refractivity contribution in [2.45, 2.75) is 25.2 Å². The van der Waals surface area contributed by atoms with E-state index in [2.05, 4.69) is 5.32 Å². The topological polar surface area (TPSA) is 21.3 Å². The van der Waals surface area contributed by atoms with Crippen LogP contribution in [0.5, 0.6) is 0 Å². The lowest BCUT2D eigenvalue weighted by atomic mass is 9.97. The number of halogens is 2. The lowest BCUT2D eigenvalue weighted by Crippen LogP contribution is -2.30.